The van der Waals surface area contributed by atoms with Crippen molar-refractivity contribution < 1.29 is 4.79 Å². The summed E-state index contributed by atoms with van der Waals surface area (Å²) < 4.78 is 0. The summed E-state index contributed by atoms with van der Waals surface area (Å²) in [5, 5.41) is 3.13. The molecule has 1 amide bonds. The van der Waals surface area contributed by atoms with E-state index >= 15 is 0 Å². The van der Waals surface area contributed by atoms with Crippen molar-refractivity contribution >= 4 is 5.91 Å². The van der Waals surface area contributed by atoms with Crippen molar-refractivity contribution in [2.75, 3.05) is 26.7 Å². The molecular weight excluding hydrogens is 214 g/mol. The Morgan fingerprint density at radius 2 is 2.00 bits per heavy atom. The van der Waals surface area contributed by atoms with Crippen LogP contribution in [0.3, 0.4) is 0 Å². The van der Waals surface area contributed by atoms with Crippen LogP contribution < -0.4 is 11.1 Å². The second-order valence-electron chi connectivity index (χ2n) is 5.40. The smallest absolute Gasteiger partial charge is 0.234 e. The first kappa shape index (κ1) is 14.5. The number of carbonyl (C=O) groups is 1. The molecule has 0 aromatic carbocycles. The molecule has 100 valence electrons. The number of nitrogens with zero attached hydrogens (tertiary/aromatic N) is 1. The van der Waals surface area contributed by atoms with E-state index in [1.165, 1.54) is 12.8 Å². The highest BCUT2D eigenvalue weighted by Crippen LogP contribution is 2.23. The van der Waals surface area contributed by atoms with E-state index in [0.29, 0.717) is 19.1 Å². The number of hydrogen-bond acceptors (Lipinski definition) is 3. The van der Waals surface area contributed by atoms with Crippen LogP contribution in [0, 0.1) is 5.92 Å². The van der Waals surface area contributed by atoms with E-state index in [2.05, 4.69) is 12.2 Å². The maximum atomic E-state index is 11.8. The van der Waals surface area contributed by atoms with Crippen LogP contribution in [0.4, 0.5) is 0 Å². The molecule has 1 aliphatic carbocycles. The van der Waals surface area contributed by atoms with E-state index in [4.69, 9.17) is 5.73 Å². The Morgan fingerprint density at radius 1 is 1.35 bits per heavy atom. The lowest BCUT2D eigenvalue weighted by Gasteiger charge is -2.27. The highest BCUT2D eigenvalue weighted by atomic mass is 16.2. The van der Waals surface area contributed by atoms with Crippen LogP contribution in [0.1, 0.15) is 39.0 Å². The molecule has 1 fully saturated rings. The van der Waals surface area contributed by atoms with Gasteiger partial charge in [-0.15, -0.1) is 0 Å². The molecule has 0 spiro atoms. The third-order valence-corrected chi connectivity index (χ3v) is 3.54. The van der Waals surface area contributed by atoms with Crippen molar-refractivity contribution in [3.63, 3.8) is 0 Å². The molecule has 0 bridgehead atoms. The van der Waals surface area contributed by atoms with Crippen LogP contribution in [0.25, 0.3) is 0 Å². The van der Waals surface area contributed by atoms with Gasteiger partial charge in [0.15, 0.2) is 0 Å². The third-order valence-electron chi connectivity index (χ3n) is 3.54. The van der Waals surface area contributed by atoms with Crippen molar-refractivity contribution in [1.29, 1.82) is 0 Å². The Morgan fingerprint density at radius 3 is 2.59 bits per heavy atom. The van der Waals surface area contributed by atoms with E-state index in [-0.39, 0.29) is 5.91 Å². The Bertz CT molecular complexity index is 225. The SMILES string of the molecule is CC1CCC(NC(=O)CN(C)CCCN)CC1. The molecule has 0 heterocycles. The van der Waals surface area contributed by atoms with Crippen LogP contribution in [0.2, 0.25) is 0 Å². The lowest BCUT2D eigenvalue weighted by molar-refractivity contribution is -0.122. The van der Waals surface area contributed by atoms with Crippen molar-refractivity contribution in [1.82, 2.24) is 10.2 Å². The van der Waals surface area contributed by atoms with E-state index in [1.54, 1.807) is 0 Å². The lowest BCUT2D eigenvalue weighted by atomic mass is 9.87. The quantitative estimate of drug-likeness (QED) is 0.728. The van der Waals surface area contributed by atoms with Crippen molar-refractivity contribution in [2.24, 2.45) is 11.7 Å². The molecular formula is C13H27N3O. The van der Waals surface area contributed by atoms with E-state index in [0.717, 1.165) is 31.7 Å². The van der Waals surface area contributed by atoms with Crippen molar-refractivity contribution in [3.05, 3.63) is 0 Å². The molecule has 0 aromatic heterocycles. The van der Waals surface area contributed by atoms with Gasteiger partial charge in [0.25, 0.3) is 0 Å². The fourth-order valence-corrected chi connectivity index (χ4v) is 2.36. The Labute approximate surface area is 105 Å². The second-order valence-corrected chi connectivity index (χ2v) is 5.40. The van der Waals surface area contributed by atoms with Gasteiger partial charge in [0.1, 0.15) is 0 Å². The zero-order chi connectivity index (χ0) is 12.7. The van der Waals surface area contributed by atoms with Crippen LogP contribution >= 0.6 is 0 Å². The van der Waals surface area contributed by atoms with Gasteiger partial charge < -0.3 is 11.1 Å². The van der Waals surface area contributed by atoms with Crippen LogP contribution in [-0.2, 0) is 4.79 Å². The predicted molar refractivity (Wildman–Crippen MR) is 70.7 cm³/mol. The van der Waals surface area contributed by atoms with Gasteiger partial charge in [-0.3, -0.25) is 9.69 Å². The van der Waals surface area contributed by atoms with Crippen LogP contribution in [-0.4, -0.2) is 43.5 Å². The van der Waals surface area contributed by atoms with Crippen LogP contribution in [0.5, 0.6) is 0 Å². The Hall–Kier alpha value is -0.610. The molecule has 3 N–H and O–H groups in total. The van der Waals surface area contributed by atoms with E-state index in [1.807, 2.05) is 11.9 Å². The first-order chi connectivity index (χ1) is 8.11. The average molecular weight is 241 g/mol. The van der Waals surface area contributed by atoms with Gasteiger partial charge in [-0.2, -0.15) is 0 Å². The fraction of sp³-hybridized carbons (Fsp3) is 0.923. The number of amides is 1. The number of nitrogens with two attached hydrogens (primary N) is 1. The molecule has 1 aliphatic rings. The second kappa shape index (κ2) is 7.67. The highest BCUT2D eigenvalue weighted by molar-refractivity contribution is 5.78. The average Bonchev–Trinajstić information content (AvgIpc) is 2.29. The molecule has 1 saturated carbocycles. The third kappa shape index (κ3) is 6.03. The van der Waals surface area contributed by atoms with Gasteiger partial charge in [0, 0.05) is 6.04 Å². The maximum absolute atomic E-state index is 11.8. The molecule has 4 nitrogen and oxygen atoms in total. The van der Waals surface area contributed by atoms with Crippen molar-refractivity contribution in [3.8, 4) is 0 Å². The molecule has 1 rings (SSSR count). The number of rotatable bonds is 6. The standard InChI is InChI=1S/C13H27N3O/c1-11-4-6-12(7-5-11)15-13(17)10-16(2)9-3-8-14/h11-12H,3-10,14H2,1-2H3,(H,15,17). The Kier molecular flexibility index (Phi) is 6.52. The molecule has 0 atom stereocenters. The first-order valence-corrected chi connectivity index (χ1v) is 6.79. The summed E-state index contributed by atoms with van der Waals surface area (Å²) in [5.74, 6) is 0.986. The molecule has 17 heavy (non-hydrogen) atoms. The zero-order valence-corrected chi connectivity index (χ0v) is 11.2. The van der Waals surface area contributed by atoms with Gasteiger partial charge in [-0.25, -0.2) is 0 Å². The summed E-state index contributed by atoms with van der Waals surface area (Å²) in [4.78, 5) is 13.8. The summed E-state index contributed by atoms with van der Waals surface area (Å²) >= 11 is 0. The minimum absolute atomic E-state index is 0.157. The number of likely N-dealkylation sites (N-methyl/N-ethyl adjacent to an activating group) is 1. The highest BCUT2D eigenvalue weighted by Gasteiger charge is 2.19. The molecule has 0 radical (unpaired) electrons. The summed E-state index contributed by atoms with van der Waals surface area (Å²) in [7, 11) is 1.97. The summed E-state index contributed by atoms with van der Waals surface area (Å²) in [6, 6.07) is 0.404. The molecule has 0 saturated heterocycles. The van der Waals surface area contributed by atoms with Crippen molar-refractivity contribution in [2.45, 2.75) is 45.1 Å². The minimum atomic E-state index is 0.157. The topological polar surface area (TPSA) is 58.4 Å². The molecule has 0 unspecified atom stereocenters. The predicted octanol–water partition coefficient (Wildman–Crippen LogP) is 0.962. The maximum Gasteiger partial charge on any atom is 0.234 e. The largest absolute Gasteiger partial charge is 0.352 e. The fourth-order valence-electron chi connectivity index (χ4n) is 2.36. The number of hydrogen-bond donors (Lipinski definition) is 2. The van der Waals surface area contributed by atoms with Crippen LogP contribution in [0.15, 0.2) is 0 Å². The zero-order valence-electron chi connectivity index (χ0n) is 11.2. The monoisotopic (exact) mass is 241 g/mol. The van der Waals surface area contributed by atoms with Gasteiger partial charge in [-0.05, 0) is 58.2 Å². The number of carbonyl (C=O) groups excluding carboxylic acids is 1. The first-order valence-electron chi connectivity index (χ1n) is 6.79. The normalized spacial score (nSPS) is 24.9. The summed E-state index contributed by atoms with van der Waals surface area (Å²) in [5.41, 5.74) is 5.44. The molecule has 4 heteroatoms. The van der Waals surface area contributed by atoms with E-state index < -0.39 is 0 Å². The van der Waals surface area contributed by atoms with E-state index in [9.17, 15) is 4.79 Å². The molecule has 0 aromatic rings. The van der Waals surface area contributed by atoms with Gasteiger partial charge in [-0.1, -0.05) is 6.92 Å². The minimum Gasteiger partial charge on any atom is -0.352 e. The summed E-state index contributed by atoms with van der Waals surface area (Å²) in [6.07, 6.45) is 5.71. The molecule has 0 aliphatic heterocycles. The van der Waals surface area contributed by atoms with Gasteiger partial charge in [0.05, 0.1) is 6.54 Å². The van der Waals surface area contributed by atoms with Gasteiger partial charge >= 0.3 is 0 Å². The Balaban J connectivity index is 2.16. The van der Waals surface area contributed by atoms with Gasteiger partial charge in [0.2, 0.25) is 5.91 Å². The number of nitrogens with one attached hydrogen (secondary N) is 1. The summed E-state index contributed by atoms with van der Waals surface area (Å²) in [6.45, 7) is 4.36. The lowest BCUT2D eigenvalue weighted by Crippen LogP contribution is -2.42.